The van der Waals surface area contributed by atoms with Crippen molar-refractivity contribution in [3.8, 4) is 0 Å². The largest absolute Gasteiger partial charge is 0.472 e. The van der Waals surface area contributed by atoms with Gasteiger partial charge in [-0.3, -0.25) is 37.3 Å². The van der Waals surface area contributed by atoms with Crippen LogP contribution in [0.2, 0.25) is 0 Å². The van der Waals surface area contributed by atoms with Crippen molar-refractivity contribution in [2.75, 3.05) is 39.6 Å². The Balaban J connectivity index is 5.23. The van der Waals surface area contributed by atoms with E-state index >= 15 is 0 Å². The molecule has 492 valence electrons. The van der Waals surface area contributed by atoms with Crippen LogP contribution in [0.15, 0.2) is 0 Å². The van der Waals surface area contributed by atoms with Crippen LogP contribution in [0, 0.1) is 11.8 Å². The molecule has 0 rings (SSSR count). The maximum Gasteiger partial charge on any atom is 0.472 e. The smallest absolute Gasteiger partial charge is 0.462 e. The van der Waals surface area contributed by atoms with Crippen LogP contribution in [0.25, 0.3) is 0 Å². The highest BCUT2D eigenvalue weighted by atomic mass is 31.2. The molecule has 0 heterocycles. The Kier molecular flexibility index (Phi) is 55.2. The van der Waals surface area contributed by atoms with Gasteiger partial charge < -0.3 is 33.8 Å². The van der Waals surface area contributed by atoms with Crippen molar-refractivity contribution in [1.29, 1.82) is 0 Å². The minimum Gasteiger partial charge on any atom is -0.462 e. The lowest BCUT2D eigenvalue weighted by molar-refractivity contribution is -0.161. The fourth-order valence-corrected chi connectivity index (χ4v) is 11.1. The number of hydrogen-bond acceptors (Lipinski definition) is 15. The minimum atomic E-state index is -4.94. The number of unbranched alkanes of at least 4 members (excludes halogenated alkanes) is 33. The van der Waals surface area contributed by atoms with Crippen LogP contribution >= 0.6 is 15.6 Å². The van der Waals surface area contributed by atoms with Crippen molar-refractivity contribution in [1.82, 2.24) is 0 Å². The second-order valence-electron chi connectivity index (χ2n) is 24.1. The molecule has 0 aliphatic rings. The molecule has 17 nitrogen and oxygen atoms in total. The molecule has 0 aliphatic carbocycles. The molecule has 5 atom stereocenters. The molecule has 19 heteroatoms. The molecular weight excluding hydrogens is 1100 g/mol. The molecule has 0 fully saturated rings. The van der Waals surface area contributed by atoms with Gasteiger partial charge >= 0.3 is 39.5 Å². The summed E-state index contributed by atoms with van der Waals surface area (Å²) in [5.74, 6) is -0.715. The van der Waals surface area contributed by atoms with Crippen LogP contribution in [0.3, 0.4) is 0 Å². The second kappa shape index (κ2) is 56.6. The van der Waals surface area contributed by atoms with E-state index < -0.39 is 97.5 Å². The van der Waals surface area contributed by atoms with Crippen molar-refractivity contribution in [3.63, 3.8) is 0 Å². The van der Waals surface area contributed by atoms with Gasteiger partial charge in [0.1, 0.15) is 19.3 Å². The summed E-state index contributed by atoms with van der Waals surface area (Å²) in [6, 6.07) is 0. The molecule has 0 aromatic carbocycles. The zero-order valence-corrected chi connectivity index (χ0v) is 55.3. The monoisotopic (exact) mass is 1230 g/mol. The standard InChI is InChI=1S/C64H124O17P2/c1-7-9-11-13-15-17-18-19-20-21-22-30-36-42-48-63(68)80-59(53-75-62(67)47-41-35-29-24-23-26-32-38-44-56(3)4)54-78-82(70,71)76-50-58(65)51-77-83(72,73)79-55-60(52-74-61(66)46-40-34-28-16-14-12-10-8-2)81-64(69)49-43-37-31-25-27-33-39-45-57(5)6/h56-60,65H,7-55H2,1-6H3,(H,70,71)(H,72,73)/t58-,59-,60-/m1/s1. The minimum absolute atomic E-state index is 0.103. The van der Waals surface area contributed by atoms with Gasteiger partial charge in [-0.25, -0.2) is 9.13 Å². The van der Waals surface area contributed by atoms with Crippen molar-refractivity contribution >= 4 is 39.5 Å². The molecule has 83 heavy (non-hydrogen) atoms. The van der Waals surface area contributed by atoms with Gasteiger partial charge in [0.15, 0.2) is 12.2 Å². The maximum absolute atomic E-state index is 13.0. The van der Waals surface area contributed by atoms with Crippen LogP contribution in [0.4, 0.5) is 0 Å². The third-order valence-corrected chi connectivity index (χ3v) is 16.6. The summed E-state index contributed by atoms with van der Waals surface area (Å²) in [6.07, 6.45) is 39.1. The van der Waals surface area contributed by atoms with Gasteiger partial charge in [0, 0.05) is 25.7 Å². The van der Waals surface area contributed by atoms with E-state index in [-0.39, 0.29) is 25.7 Å². The lowest BCUT2D eigenvalue weighted by atomic mass is 10.0. The van der Waals surface area contributed by atoms with E-state index in [9.17, 15) is 43.2 Å². The van der Waals surface area contributed by atoms with Crippen molar-refractivity contribution in [2.45, 2.75) is 336 Å². The predicted octanol–water partition coefficient (Wildman–Crippen LogP) is 17.7. The molecule has 0 aromatic rings. The SMILES string of the molecule is CCCCCCCCCCCCCCCCC(=O)O[C@H](COC(=O)CCCCCCCCCCC(C)C)COP(=O)(O)OC[C@@H](O)COP(=O)(O)OC[C@@H](COC(=O)CCCCCCCCCC)OC(=O)CCCCCCCCCC(C)C. The van der Waals surface area contributed by atoms with Gasteiger partial charge in [0.05, 0.1) is 26.4 Å². The zero-order valence-electron chi connectivity index (χ0n) is 53.5. The fraction of sp³-hybridized carbons (Fsp3) is 0.938. The molecule has 0 radical (unpaired) electrons. The van der Waals surface area contributed by atoms with Crippen molar-refractivity contribution in [2.24, 2.45) is 11.8 Å². The first-order valence-electron chi connectivity index (χ1n) is 33.5. The van der Waals surface area contributed by atoms with Gasteiger partial charge in [-0.1, -0.05) is 266 Å². The Bertz CT molecular complexity index is 1630. The lowest BCUT2D eigenvalue weighted by Crippen LogP contribution is -2.30. The van der Waals surface area contributed by atoms with E-state index in [1.807, 2.05) is 0 Å². The first-order chi connectivity index (χ1) is 39.9. The van der Waals surface area contributed by atoms with Gasteiger partial charge in [-0.15, -0.1) is 0 Å². The molecule has 0 saturated carbocycles. The Hall–Kier alpha value is -1.94. The average molecular weight is 1230 g/mol. The molecule has 3 N–H and O–H groups in total. The van der Waals surface area contributed by atoms with Crippen molar-refractivity contribution < 1.29 is 80.2 Å². The van der Waals surface area contributed by atoms with Gasteiger partial charge in [0.2, 0.25) is 0 Å². The van der Waals surface area contributed by atoms with Gasteiger partial charge in [-0.2, -0.15) is 0 Å². The van der Waals surface area contributed by atoms with E-state index in [1.165, 1.54) is 128 Å². The maximum atomic E-state index is 13.0. The number of phosphoric ester groups is 2. The Morgan fingerprint density at radius 2 is 0.554 bits per heavy atom. The van der Waals surface area contributed by atoms with E-state index in [0.717, 1.165) is 102 Å². The van der Waals surface area contributed by atoms with Crippen LogP contribution in [-0.2, 0) is 65.4 Å². The van der Waals surface area contributed by atoms with E-state index in [1.54, 1.807) is 0 Å². The Morgan fingerprint density at radius 1 is 0.325 bits per heavy atom. The number of aliphatic hydroxyl groups excluding tert-OH is 1. The van der Waals surface area contributed by atoms with Crippen LogP contribution < -0.4 is 0 Å². The normalized spacial score (nSPS) is 14.3. The van der Waals surface area contributed by atoms with Crippen molar-refractivity contribution in [3.05, 3.63) is 0 Å². The summed E-state index contributed by atoms with van der Waals surface area (Å²) in [5, 5.41) is 10.5. The zero-order chi connectivity index (χ0) is 61.5. The highest BCUT2D eigenvalue weighted by Gasteiger charge is 2.30. The van der Waals surface area contributed by atoms with Crippen LogP contribution in [0.5, 0.6) is 0 Å². The number of aliphatic hydroxyl groups is 1. The Morgan fingerprint density at radius 3 is 0.819 bits per heavy atom. The predicted molar refractivity (Wildman–Crippen MR) is 331 cm³/mol. The molecule has 0 bridgehead atoms. The summed E-state index contributed by atoms with van der Waals surface area (Å²) < 4.78 is 67.9. The number of hydrogen-bond donors (Lipinski definition) is 3. The number of carbonyl (C=O) groups is 4. The Labute approximate surface area is 505 Å². The summed E-state index contributed by atoms with van der Waals surface area (Å²) in [5.41, 5.74) is 0. The number of rotatable bonds is 63. The third-order valence-electron chi connectivity index (χ3n) is 14.7. The number of carbonyl (C=O) groups excluding carboxylic acids is 4. The molecule has 0 spiro atoms. The molecule has 0 amide bonds. The highest BCUT2D eigenvalue weighted by Crippen LogP contribution is 2.45. The number of phosphoric acid groups is 2. The molecule has 0 saturated heterocycles. The molecular formula is C64H124O17P2. The summed E-state index contributed by atoms with van der Waals surface area (Å²) >= 11 is 0. The first kappa shape index (κ1) is 81.1. The third kappa shape index (κ3) is 58.8. The van der Waals surface area contributed by atoms with E-state index in [0.29, 0.717) is 31.6 Å². The van der Waals surface area contributed by atoms with Crippen LogP contribution in [0.1, 0.15) is 318 Å². The average Bonchev–Trinajstić information content (AvgIpc) is 3.44. The fourth-order valence-electron chi connectivity index (χ4n) is 9.53. The molecule has 0 aliphatic heterocycles. The topological polar surface area (TPSA) is 237 Å². The summed E-state index contributed by atoms with van der Waals surface area (Å²) in [7, 11) is -9.88. The first-order valence-corrected chi connectivity index (χ1v) is 36.5. The highest BCUT2D eigenvalue weighted by molar-refractivity contribution is 7.47. The summed E-state index contributed by atoms with van der Waals surface area (Å²) in [4.78, 5) is 72.1. The number of ether oxygens (including phenoxy) is 4. The molecule has 0 aromatic heterocycles. The van der Waals surface area contributed by atoms with E-state index in [2.05, 4.69) is 41.5 Å². The molecule has 2 unspecified atom stereocenters. The second-order valence-corrected chi connectivity index (χ2v) is 27.0. The summed E-state index contributed by atoms with van der Waals surface area (Å²) in [6.45, 7) is 9.38. The number of esters is 4. The van der Waals surface area contributed by atoms with Gasteiger partial charge in [-0.05, 0) is 37.5 Å². The van der Waals surface area contributed by atoms with Gasteiger partial charge in [0.25, 0.3) is 0 Å². The lowest BCUT2D eigenvalue weighted by Gasteiger charge is -2.21. The van der Waals surface area contributed by atoms with E-state index in [4.69, 9.17) is 37.0 Å². The quantitative estimate of drug-likeness (QED) is 0.0222. The van der Waals surface area contributed by atoms with Crippen LogP contribution in [-0.4, -0.2) is 96.7 Å².